The maximum Gasteiger partial charge on any atom is 0.254 e. The van der Waals surface area contributed by atoms with Crippen molar-refractivity contribution >= 4 is 17.2 Å². The van der Waals surface area contributed by atoms with E-state index >= 15 is 0 Å². The average Bonchev–Trinajstić information content (AvgIpc) is 3.27. The third kappa shape index (κ3) is 3.26. The van der Waals surface area contributed by atoms with Gasteiger partial charge >= 0.3 is 0 Å². The number of amides is 1. The zero-order chi connectivity index (χ0) is 16.4. The fraction of sp³-hybridized carbons (Fsp3) is 0.450. The molecule has 1 amide bonds. The fourth-order valence-corrected chi connectivity index (χ4v) is 4.80. The summed E-state index contributed by atoms with van der Waals surface area (Å²) in [5.41, 5.74) is 2.69. The highest BCUT2D eigenvalue weighted by atomic mass is 32.1. The van der Waals surface area contributed by atoms with Crippen LogP contribution in [0.25, 0.3) is 0 Å². The number of nitrogens with zero attached hydrogens (tertiary/aromatic N) is 2. The Kier molecular flexibility index (Phi) is 4.42. The van der Waals surface area contributed by atoms with Gasteiger partial charge in [0.25, 0.3) is 5.91 Å². The Morgan fingerprint density at radius 1 is 1.04 bits per heavy atom. The predicted molar refractivity (Wildman–Crippen MR) is 98.2 cm³/mol. The summed E-state index contributed by atoms with van der Waals surface area (Å²) in [5, 5.41) is 3.95. The van der Waals surface area contributed by atoms with E-state index in [0.717, 1.165) is 38.0 Å². The zero-order valence-corrected chi connectivity index (χ0v) is 14.8. The van der Waals surface area contributed by atoms with Crippen molar-refractivity contribution in [2.45, 2.75) is 25.8 Å². The van der Waals surface area contributed by atoms with Crippen LogP contribution in [0.2, 0.25) is 0 Å². The van der Waals surface area contributed by atoms with Crippen LogP contribution < -0.4 is 0 Å². The van der Waals surface area contributed by atoms with Gasteiger partial charge in [0.1, 0.15) is 0 Å². The highest BCUT2D eigenvalue weighted by molar-refractivity contribution is 7.08. The third-order valence-corrected chi connectivity index (χ3v) is 6.33. The number of carbonyl (C=O) groups excluding carboxylic acids is 1. The van der Waals surface area contributed by atoms with Crippen LogP contribution in [0.3, 0.4) is 0 Å². The van der Waals surface area contributed by atoms with Crippen LogP contribution in [-0.4, -0.2) is 41.9 Å². The second-order valence-corrected chi connectivity index (χ2v) is 8.03. The summed E-state index contributed by atoms with van der Waals surface area (Å²) in [7, 11) is 0. The molecule has 1 spiro atoms. The van der Waals surface area contributed by atoms with Crippen LogP contribution >= 0.6 is 11.3 Å². The standard InChI is InChI=1S/C20H24N2OS/c23-19(18-6-13-24-15-18)22-11-8-20(9-12-22)7-10-21(16-20)14-17-4-2-1-3-5-17/h1-6,13,15H,7-12,14,16H2. The monoisotopic (exact) mass is 340 g/mol. The molecule has 4 heteroatoms. The lowest BCUT2D eigenvalue weighted by molar-refractivity contribution is 0.0588. The number of piperidine rings is 1. The van der Waals surface area contributed by atoms with Crippen molar-refractivity contribution in [3.05, 3.63) is 58.3 Å². The number of hydrogen-bond donors (Lipinski definition) is 0. The Morgan fingerprint density at radius 2 is 1.79 bits per heavy atom. The first-order valence-electron chi connectivity index (χ1n) is 8.82. The molecule has 0 radical (unpaired) electrons. The molecule has 0 N–H and O–H groups in total. The van der Waals surface area contributed by atoms with E-state index in [0.29, 0.717) is 5.41 Å². The van der Waals surface area contributed by atoms with Gasteiger partial charge in [-0.1, -0.05) is 30.3 Å². The van der Waals surface area contributed by atoms with Gasteiger partial charge in [-0.25, -0.2) is 0 Å². The molecule has 0 atom stereocenters. The molecule has 0 saturated carbocycles. The molecule has 2 aliphatic rings. The van der Waals surface area contributed by atoms with Crippen LogP contribution in [0.1, 0.15) is 35.2 Å². The predicted octanol–water partition coefficient (Wildman–Crippen LogP) is 3.88. The lowest BCUT2D eigenvalue weighted by atomic mass is 9.77. The van der Waals surface area contributed by atoms with E-state index in [1.165, 1.54) is 25.1 Å². The van der Waals surface area contributed by atoms with Crippen molar-refractivity contribution in [2.24, 2.45) is 5.41 Å². The summed E-state index contributed by atoms with van der Waals surface area (Å²) in [4.78, 5) is 17.1. The Labute approximate surface area is 147 Å². The molecule has 2 aliphatic heterocycles. The number of thiophene rings is 1. The van der Waals surface area contributed by atoms with Gasteiger partial charge in [0.2, 0.25) is 0 Å². The van der Waals surface area contributed by atoms with Crippen molar-refractivity contribution in [1.82, 2.24) is 9.80 Å². The molecule has 24 heavy (non-hydrogen) atoms. The van der Waals surface area contributed by atoms with Crippen molar-refractivity contribution in [3.63, 3.8) is 0 Å². The molecular weight excluding hydrogens is 316 g/mol. The van der Waals surface area contributed by atoms with Crippen LogP contribution in [0.15, 0.2) is 47.2 Å². The molecule has 0 bridgehead atoms. The second-order valence-electron chi connectivity index (χ2n) is 7.25. The summed E-state index contributed by atoms with van der Waals surface area (Å²) in [6.07, 6.45) is 3.57. The first-order chi connectivity index (χ1) is 11.7. The molecule has 126 valence electrons. The van der Waals surface area contributed by atoms with Gasteiger partial charge in [-0.3, -0.25) is 9.69 Å². The number of benzene rings is 1. The molecule has 3 heterocycles. The molecule has 1 aromatic carbocycles. The molecule has 0 aliphatic carbocycles. The average molecular weight is 340 g/mol. The number of carbonyl (C=O) groups is 1. The maximum atomic E-state index is 12.5. The van der Waals surface area contributed by atoms with E-state index in [-0.39, 0.29) is 5.91 Å². The van der Waals surface area contributed by atoms with Gasteiger partial charge in [-0.2, -0.15) is 11.3 Å². The van der Waals surface area contributed by atoms with Gasteiger partial charge in [0.05, 0.1) is 5.56 Å². The van der Waals surface area contributed by atoms with Crippen molar-refractivity contribution in [2.75, 3.05) is 26.2 Å². The zero-order valence-electron chi connectivity index (χ0n) is 14.0. The van der Waals surface area contributed by atoms with Gasteiger partial charge in [0.15, 0.2) is 0 Å². The van der Waals surface area contributed by atoms with Gasteiger partial charge < -0.3 is 4.90 Å². The van der Waals surface area contributed by atoms with E-state index in [1.54, 1.807) is 11.3 Å². The summed E-state index contributed by atoms with van der Waals surface area (Å²) in [5.74, 6) is 0.213. The van der Waals surface area contributed by atoms with Crippen molar-refractivity contribution in [1.29, 1.82) is 0 Å². The molecule has 4 rings (SSSR count). The number of likely N-dealkylation sites (tertiary alicyclic amines) is 2. The second kappa shape index (κ2) is 6.69. The van der Waals surface area contributed by atoms with Gasteiger partial charge in [-0.15, -0.1) is 0 Å². The lowest BCUT2D eigenvalue weighted by Gasteiger charge is -2.39. The fourth-order valence-electron chi connectivity index (χ4n) is 4.17. The van der Waals surface area contributed by atoms with E-state index in [4.69, 9.17) is 0 Å². The summed E-state index contributed by atoms with van der Waals surface area (Å²) in [6.45, 7) is 5.25. The first kappa shape index (κ1) is 15.9. The summed E-state index contributed by atoms with van der Waals surface area (Å²) < 4.78 is 0. The Balaban J connectivity index is 1.33. The maximum absolute atomic E-state index is 12.5. The number of rotatable bonds is 3. The molecule has 0 unspecified atom stereocenters. The van der Waals surface area contributed by atoms with Crippen LogP contribution in [0, 0.1) is 5.41 Å². The van der Waals surface area contributed by atoms with E-state index in [1.807, 2.05) is 21.7 Å². The Hall–Kier alpha value is -1.65. The molecule has 2 aromatic rings. The highest BCUT2D eigenvalue weighted by Gasteiger charge is 2.41. The minimum absolute atomic E-state index is 0.213. The summed E-state index contributed by atoms with van der Waals surface area (Å²) in [6, 6.07) is 12.7. The third-order valence-electron chi connectivity index (χ3n) is 5.65. The van der Waals surface area contributed by atoms with Crippen molar-refractivity contribution in [3.8, 4) is 0 Å². The SMILES string of the molecule is O=C(c1ccsc1)N1CCC2(CCN(Cc3ccccc3)C2)CC1. The summed E-state index contributed by atoms with van der Waals surface area (Å²) >= 11 is 1.60. The smallest absolute Gasteiger partial charge is 0.254 e. The Morgan fingerprint density at radius 3 is 2.50 bits per heavy atom. The van der Waals surface area contributed by atoms with Crippen LogP contribution in [0.4, 0.5) is 0 Å². The normalized spacial score (nSPS) is 20.6. The Bertz CT molecular complexity index is 675. The molecule has 3 nitrogen and oxygen atoms in total. The van der Waals surface area contributed by atoms with E-state index in [9.17, 15) is 4.79 Å². The van der Waals surface area contributed by atoms with Crippen LogP contribution in [-0.2, 0) is 6.54 Å². The lowest BCUT2D eigenvalue weighted by Crippen LogP contribution is -2.44. The van der Waals surface area contributed by atoms with Crippen LogP contribution in [0.5, 0.6) is 0 Å². The van der Waals surface area contributed by atoms with Crippen molar-refractivity contribution < 1.29 is 4.79 Å². The molecule has 1 aromatic heterocycles. The van der Waals surface area contributed by atoms with E-state index < -0.39 is 0 Å². The topological polar surface area (TPSA) is 23.6 Å². The molecule has 2 fully saturated rings. The van der Waals surface area contributed by atoms with E-state index in [2.05, 4.69) is 35.2 Å². The highest BCUT2D eigenvalue weighted by Crippen LogP contribution is 2.41. The quantitative estimate of drug-likeness (QED) is 0.847. The largest absolute Gasteiger partial charge is 0.339 e. The first-order valence-corrected chi connectivity index (χ1v) is 9.76. The van der Waals surface area contributed by atoms with Gasteiger partial charge in [0, 0.05) is 31.6 Å². The molecule has 2 saturated heterocycles. The minimum atomic E-state index is 0.213. The number of hydrogen-bond acceptors (Lipinski definition) is 3. The molecular formula is C20H24N2OS. The van der Waals surface area contributed by atoms with Gasteiger partial charge in [-0.05, 0) is 48.2 Å². The minimum Gasteiger partial charge on any atom is -0.339 e.